The molecule has 1 N–H and O–H groups in total. The van der Waals surface area contributed by atoms with Crippen LogP contribution in [0.3, 0.4) is 0 Å². The lowest BCUT2D eigenvalue weighted by Crippen LogP contribution is -2.40. The van der Waals surface area contributed by atoms with Gasteiger partial charge in [0.1, 0.15) is 0 Å². The third kappa shape index (κ3) is 2.63. The predicted octanol–water partition coefficient (Wildman–Crippen LogP) is 2.83. The standard InChI is InChI=1S/C10H20O2S/c1-5-7(3)10(13,6-2)8(4)9(11)12/h7-8,13H,5-6H2,1-4H3,(H,11,12). The van der Waals surface area contributed by atoms with E-state index in [9.17, 15) is 4.79 Å². The third-order valence-electron chi connectivity index (χ3n) is 3.15. The summed E-state index contributed by atoms with van der Waals surface area (Å²) in [7, 11) is 0. The van der Waals surface area contributed by atoms with E-state index >= 15 is 0 Å². The van der Waals surface area contributed by atoms with Crippen LogP contribution in [0.25, 0.3) is 0 Å². The number of aliphatic carboxylic acids is 1. The lowest BCUT2D eigenvalue weighted by molar-refractivity contribution is -0.142. The number of rotatable bonds is 5. The maximum Gasteiger partial charge on any atom is 0.307 e. The first-order chi connectivity index (χ1) is 5.90. The quantitative estimate of drug-likeness (QED) is 0.676. The molecular formula is C10H20O2S. The summed E-state index contributed by atoms with van der Waals surface area (Å²) in [5.74, 6) is -0.820. The van der Waals surface area contributed by atoms with E-state index in [-0.39, 0.29) is 4.75 Å². The summed E-state index contributed by atoms with van der Waals surface area (Å²) in [5, 5.41) is 8.94. The van der Waals surface area contributed by atoms with Gasteiger partial charge in [0.2, 0.25) is 0 Å². The molecule has 0 saturated carbocycles. The average Bonchev–Trinajstić information content (AvgIpc) is 2.13. The number of hydrogen-bond donors (Lipinski definition) is 2. The van der Waals surface area contributed by atoms with Crippen molar-refractivity contribution < 1.29 is 9.90 Å². The molecular weight excluding hydrogens is 184 g/mol. The van der Waals surface area contributed by atoms with Gasteiger partial charge in [-0.1, -0.05) is 34.1 Å². The summed E-state index contributed by atoms with van der Waals surface area (Å²) in [6.07, 6.45) is 1.76. The Labute approximate surface area is 86.1 Å². The fourth-order valence-electron chi connectivity index (χ4n) is 1.65. The minimum Gasteiger partial charge on any atom is -0.481 e. The molecule has 0 aromatic carbocycles. The molecule has 0 bridgehead atoms. The van der Waals surface area contributed by atoms with Crippen molar-refractivity contribution in [3.8, 4) is 0 Å². The van der Waals surface area contributed by atoms with Crippen molar-refractivity contribution in [3.05, 3.63) is 0 Å². The van der Waals surface area contributed by atoms with Crippen LogP contribution in [0.4, 0.5) is 0 Å². The molecule has 0 amide bonds. The molecule has 0 heterocycles. The first kappa shape index (κ1) is 12.8. The van der Waals surface area contributed by atoms with Crippen LogP contribution in [0, 0.1) is 11.8 Å². The first-order valence-electron chi connectivity index (χ1n) is 4.85. The summed E-state index contributed by atoms with van der Waals surface area (Å²) in [5.41, 5.74) is 0. The maximum atomic E-state index is 10.9. The van der Waals surface area contributed by atoms with Crippen molar-refractivity contribution in [2.24, 2.45) is 11.8 Å². The highest BCUT2D eigenvalue weighted by Gasteiger charge is 2.39. The van der Waals surface area contributed by atoms with Crippen molar-refractivity contribution in [1.82, 2.24) is 0 Å². The SMILES string of the molecule is CCC(C)C(S)(CC)C(C)C(=O)O. The number of carbonyl (C=O) groups is 1. The van der Waals surface area contributed by atoms with Crippen LogP contribution in [0.15, 0.2) is 0 Å². The molecule has 3 atom stereocenters. The van der Waals surface area contributed by atoms with E-state index in [1.807, 2.05) is 6.92 Å². The second kappa shape index (κ2) is 4.89. The minimum atomic E-state index is -0.753. The molecule has 0 spiro atoms. The van der Waals surface area contributed by atoms with Crippen molar-refractivity contribution in [3.63, 3.8) is 0 Å². The van der Waals surface area contributed by atoms with Gasteiger partial charge in [-0.25, -0.2) is 0 Å². The normalized spacial score (nSPS) is 20.4. The van der Waals surface area contributed by atoms with E-state index in [1.54, 1.807) is 6.92 Å². The zero-order valence-electron chi connectivity index (χ0n) is 8.87. The van der Waals surface area contributed by atoms with Crippen molar-refractivity contribution in [2.75, 3.05) is 0 Å². The molecule has 0 aromatic rings. The van der Waals surface area contributed by atoms with Crippen LogP contribution in [0.5, 0.6) is 0 Å². The highest BCUT2D eigenvalue weighted by atomic mass is 32.1. The fraction of sp³-hybridized carbons (Fsp3) is 0.900. The van der Waals surface area contributed by atoms with Gasteiger partial charge in [0, 0.05) is 4.75 Å². The van der Waals surface area contributed by atoms with Gasteiger partial charge in [-0.05, 0) is 12.3 Å². The minimum absolute atomic E-state index is 0.326. The zero-order valence-corrected chi connectivity index (χ0v) is 9.77. The van der Waals surface area contributed by atoms with E-state index in [2.05, 4.69) is 26.5 Å². The molecule has 0 aliphatic carbocycles. The summed E-state index contributed by atoms with van der Waals surface area (Å²) in [6, 6.07) is 0. The topological polar surface area (TPSA) is 37.3 Å². The van der Waals surface area contributed by atoms with Gasteiger partial charge in [0.05, 0.1) is 5.92 Å². The first-order valence-corrected chi connectivity index (χ1v) is 5.30. The van der Waals surface area contributed by atoms with E-state index in [0.29, 0.717) is 5.92 Å². The number of carboxylic acid groups (broad SMARTS) is 1. The van der Waals surface area contributed by atoms with Crippen LogP contribution in [0.2, 0.25) is 0 Å². The van der Waals surface area contributed by atoms with Crippen molar-refractivity contribution >= 4 is 18.6 Å². The number of thiol groups is 1. The smallest absolute Gasteiger partial charge is 0.307 e. The molecule has 3 unspecified atom stereocenters. The van der Waals surface area contributed by atoms with Gasteiger partial charge in [-0.3, -0.25) is 4.79 Å². The second-order valence-corrected chi connectivity index (χ2v) is 4.55. The van der Waals surface area contributed by atoms with Crippen LogP contribution in [-0.4, -0.2) is 15.8 Å². The summed E-state index contributed by atoms with van der Waals surface area (Å²) in [6.45, 7) is 7.87. The van der Waals surface area contributed by atoms with Crippen LogP contribution >= 0.6 is 12.6 Å². The molecule has 3 heteroatoms. The number of hydrogen-bond acceptors (Lipinski definition) is 2. The van der Waals surface area contributed by atoms with E-state index in [0.717, 1.165) is 12.8 Å². The largest absolute Gasteiger partial charge is 0.481 e. The van der Waals surface area contributed by atoms with Crippen molar-refractivity contribution in [1.29, 1.82) is 0 Å². The fourth-order valence-corrected chi connectivity index (χ4v) is 1.94. The Morgan fingerprint density at radius 1 is 1.46 bits per heavy atom. The highest BCUT2D eigenvalue weighted by molar-refractivity contribution is 7.81. The zero-order chi connectivity index (χ0) is 10.6. The highest BCUT2D eigenvalue weighted by Crippen LogP contribution is 2.38. The van der Waals surface area contributed by atoms with Gasteiger partial charge in [-0.15, -0.1) is 0 Å². The van der Waals surface area contributed by atoms with Crippen LogP contribution in [0.1, 0.15) is 40.5 Å². The molecule has 13 heavy (non-hydrogen) atoms. The summed E-state index contributed by atoms with van der Waals surface area (Å²) < 4.78 is -0.374. The monoisotopic (exact) mass is 204 g/mol. The molecule has 2 nitrogen and oxygen atoms in total. The molecule has 0 aliphatic heterocycles. The Balaban J connectivity index is 4.71. The maximum absolute atomic E-state index is 10.9. The van der Waals surface area contributed by atoms with E-state index in [4.69, 9.17) is 5.11 Å². The van der Waals surface area contributed by atoms with Gasteiger partial charge in [-0.2, -0.15) is 12.6 Å². The Kier molecular flexibility index (Phi) is 4.82. The van der Waals surface area contributed by atoms with Gasteiger partial charge >= 0.3 is 5.97 Å². The lowest BCUT2D eigenvalue weighted by Gasteiger charge is -2.36. The Hall–Kier alpha value is -0.180. The van der Waals surface area contributed by atoms with Gasteiger partial charge in [0.25, 0.3) is 0 Å². The summed E-state index contributed by atoms with van der Waals surface area (Å²) in [4.78, 5) is 10.9. The molecule has 0 saturated heterocycles. The molecule has 0 aromatic heterocycles. The average molecular weight is 204 g/mol. The van der Waals surface area contributed by atoms with E-state index < -0.39 is 11.9 Å². The van der Waals surface area contributed by atoms with Crippen LogP contribution < -0.4 is 0 Å². The van der Waals surface area contributed by atoms with Crippen molar-refractivity contribution in [2.45, 2.75) is 45.3 Å². The van der Waals surface area contributed by atoms with Crippen LogP contribution in [-0.2, 0) is 4.79 Å². The molecule has 0 radical (unpaired) electrons. The molecule has 78 valence electrons. The predicted molar refractivity (Wildman–Crippen MR) is 58.3 cm³/mol. The Bertz CT molecular complexity index is 182. The number of carboxylic acids is 1. The third-order valence-corrected chi connectivity index (χ3v) is 4.30. The Morgan fingerprint density at radius 2 is 1.92 bits per heavy atom. The molecule has 0 fully saturated rings. The lowest BCUT2D eigenvalue weighted by atomic mass is 9.79. The van der Waals surface area contributed by atoms with Gasteiger partial charge < -0.3 is 5.11 Å². The summed E-state index contributed by atoms with van der Waals surface area (Å²) >= 11 is 4.55. The van der Waals surface area contributed by atoms with Gasteiger partial charge in [0.15, 0.2) is 0 Å². The van der Waals surface area contributed by atoms with E-state index in [1.165, 1.54) is 0 Å². The Morgan fingerprint density at radius 3 is 2.15 bits per heavy atom. The molecule has 0 aliphatic rings. The second-order valence-electron chi connectivity index (χ2n) is 3.71. The molecule has 0 rings (SSSR count).